The Hall–Kier alpha value is -1.43. The van der Waals surface area contributed by atoms with Crippen LogP contribution in [0.5, 0.6) is 0 Å². The number of amides is 1. The molecule has 2 fully saturated rings. The van der Waals surface area contributed by atoms with Gasteiger partial charge in [-0.1, -0.05) is 19.0 Å². The standard InChI is InChI=1S/C16H26N4O2/c1-11(2)16-17-15(18-22-16)10-19-8-4-6-13(19)14-7-5-9-20(14)12(3)21/h11,13-14H,4-10H2,1-3H3/t13-,14+/m0/s1. The van der Waals surface area contributed by atoms with E-state index in [0.717, 1.165) is 44.7 Å². The molecule has 1 aromatic rings. The molecule has 0 N–H and O–H groups in total. The highest BCUT2D eigenvalue weighted by Crippen LogP contribution is 2.30. The van der Waals surface area contributed by atoms with Crippen molar-refractivity contribution >= 4 is 5.91 Å². The van der Waals surface area contributed by atoms with Crippen molar-refractivity contribution < 1.29 is 9.32 Å². The first-order chi connectivity index (χ1) is 10.6. The van der Waals surface area contributed by atoms with E-state index in [2.05, 4.69) is 33.8 Å². The Morgan fingerprint density at radius 2 is 2.00 bits per heavy atom. The molecule has 2 atom stereocenters. The Labute approximate surface area is 131 Å². The summed E-state index contributed by atoms with van der Waals surface area (Å²) in [6, 6.07) is 0.795. The quantitative estimate of drug-likeness (QED) is 0.853. The molecule has 2 saturated heterocycles. The van der Waals surface area contributed by atoms with E-state index >= 15 is 0 Å². The van der Waals surface area contributed by atoms with Crippen molar-refractivity contribution in [2.24, 2.45) is 0 Å². The normalized spacial score (nSPS) is 26.3. The van der Waals surface area contributed by atoms with Gasteiger partial charge in [-0.3, -0.25) is 9.69 Å². The Bertz CT molecular complexity index is 528. The number of carbonyl (C=O) groups is 1. The SMILES string of the molecule is CC(=O)N1CCC[C@@H]1[C@@H]1CCCN1Cc1noc(C(C)C)n1. The summed E-state index contributed by atoms with van der Waals surface area (Å²) < 4.78 is 5.30. The van der Waals surface area contributed by atoms with Crippen molar-refractivity contribution in [2.45, 2.75) is 71.0 Å². The average Bonchev–Trinajstić information content (AvgIpc) is 3.17. The highest BCUT2D eigenvalue weighted by atomic mass is 16.5. The van der Waals surface area contributed by atoms with Crippen molar-refractivity contribution in [2.75, 3.05) is 13.1 Å². The molecule has 6 nitrogen and oxygen atoms in total. The summed E-state index contributed by atoms with van der Waals surface area (Å²) in [4.78, 5) is 20.8. The lowest BCUT2D eigenvalue weighted by atomic mass is 10.0. The number of nitrogens with zero attached hydrogens (tertiary/aromatic N) is 4. The Kier molecular flexibility index (Phi) is 4.47. The van der Waals surface area contributed by atoms with Crippen LogP contribution in [-0.2, 0) is 11.3 Å². The summed E-state index contributed by atoms with van der Waals surface area (Å²) in [6.07, 6.45) is 4.57. The van der Waals surface area contributed by atoms with Gasteiger partial charge in [0.1, 0.15) is 0 Å². The van der Waals surface area contributed by atoms with Crippen LogP contribution >= 0.6 is 0 Å². The molecule has 6 heteroatoms. The Balaban J connectivity index is 1.68. The number of carbonyl (C=O) groups excluding carboxylic acids is 1. The first-order valence-corrected chi connectivity index (χ1v) is 8.40. The first-order valence-electron chi connectivity index (χ1n) is 8.40. The van der Waals surface area contributed by atoms with Gasteiger partial charge in [0.25, 0.3) is 0 Å². The molecule has 3 heterocycles. The van der Waals surface area contributed by atoms with Crippen molar-refractivity contribution in [3.05, 3.63) is 11.7 Å². The van der Waals surface area contributed by atoms with E-state index in [1.807, 2.05) is 0 Å². The van der Waals surface area contributed by atoms with Gasteiger partial charge >= 0.3 is 0 Å². The van der Waals surface area contributed by atoms with Crippen LogP contribution in [0.2, 0.25) is 0 Å². The predicted molar refractivity (Wildman–Crippen MR) is 82.2 cm³/mol. The lowest BCUT2D eigenvalue weighted by molar-refractivity contribution is -0.130. The second-order valence-electron chi connectivity index (χ2n) is 6.81. The molecule has 0 aliphatic carbocycles. The van der Waals surface area contributed by atoms with Crippen molar-refractivity contribution in [3.8, 4) is 0 Å². The highest BCUT2D eigenvalue weighted by Gasteiger charge is 2.39. The third kappa shape index (κ3) is 3.02. The van der Waals surface area contributed by atoms with Gasteiger partial charge in [0, 0.05) is 31.5 Å². The predicted octanol–water partition coefficient (Wildman–Crippen LogP) is 2.17. The number of likely N-dealkylation sites (tertiary alicyclic amines) is 2. The summed E-state index contributed by atoms with van der Waals surface area (Å²) in [7, 11) is 0. The first kappa shape index (κ1) is 15.5. The largest absolute Gasteiger partial charge is 0.339 e. The van der Waals surface area contributed by atoms with Gasteiger partial charge in [0.15, 0.2) is 5.82 Å². The monoisotopic (exact) mass is 306 g/mol. The van der Waals surface area contributed by atoms with E-state index in [1.165, 1.54) is 6.42 Å². The van der Waals surface area contributed by atoms with Gasteiger partial charge in [-0.15, -0.1) is 0 Å². The van der Waals surface area contributed by atoms with Crippen LogP contribution in [0.25, 0.3) is 0 Å². The molecule has 2 aliphatic rings. The van der Waals surface area contributed by atoms with E-state index < -0.39 is 0 Å². The lowest BCUT2D eigenvalue weighted by Crippen LogP contribution is -2.47. The van der Waals surface area contributed by atoms with Crippen LogP contribution in [-0.4, -0.2) is 51.0 Å². The second-order valence-corrected chi connectivity index (χ2v) is 6.81. The zero-order chi connectivity index (χ0) is 15.7. The van der Waals surface area contributed by atoms with Crippen LogP contribution in [0.1, 0.15) is 64.1 Å². The molecule has 1 aromatic heterocycles. The molecule has 3 rings (SSSR count). The molecule has 0 unspecified atom stereocenters. The number of hydrogen-bond donors (Lipinski definition) is 0. The zero-order valence-electron chi connectivity index (χ0n) is 13.8. The summed E-state index contributed by atoms with van der Waals surface area (Å²) in [6.45, 7) is 8.48. The van der Waals surface area contributed by atoms with Crippen LogP contribution in [0, 0.1) is 0 Å². The average molecular weight is 306 g/mol. The molecule has 2 aliphatic heterocycles. The van der Waals surface area contributed by atoms with Gasteiger partial charge in [0.05, 0.1) is 6.54 Å². The van der Waals surface area contributed by atoms with Gasteiger partial charge in [-0.2, -0.15) is 4.98 Å². The Morgan fingerprint density at radius 1 is 1.27 bits per heavy atom. The Morgan fingerprint density at radius 3 is 2.68 bits per heavy atom. The lowest BCUT2D eigenvalue weighted by Gasteiger charge is -2.34. The third-order valence-corrected chi connectivity index (χ3v) is 4.88. The summed E-state index contributed by atoms with van der Waals surface area (Å²) in [5.74, 6) is 1.94. The zero-order valence-corrected chi connectivity index (χ0v) is 13.8. The number of rotatable bonds is 4. The summed E-state index contributed by atoms with van der Waals surface area (Å²) in [5, 5.41) is 4.11. The van der Waals surface area contributed by atoms with E-state index in [0.29, 0.717) is 18.0 Å². The summed E-state index contributed by atoms with van der Waals surface area (Å²) >= 11 is 0. The molecule has 22 heavy (non-hydrogen) atoms. The van der Waals surface area contributed by atoms with Gasteiger partial charge in [-0.05, 0) is 32.2 Å². The molecule has 0 aromatic carbocycles. The molecule has 122 valence electrons. The molecule has 0 spiro atoms. The molecule has 0 saturated carbocycles. The maximum absolute atomic E-state index is 11.8. The second kappa shape index (κ2) is 6.36. The van der Waals surface area contributed by atoms with Gasteiger partial charge in [0.2, 0.25) is 11.8 Å². The van der Waals surface area contributed by atoms with Crippen molar-refractivity contribution in [1.82, 2.24) is 19.9 Å². The molecular weight excluding hydrogens is 280 g/mol. The minimum atomic E-state index is 0.205. The van der Waals surface area contributed by atoms with Gasteiger partial charge < -0.3 is 9.42 Å². The van der Waals surface area contributed by atoms with Crippen LogP contribution in [0.15, 0.2) is 4.52 Å². The van der Waals surface area contributed by atoms with E-state index in [4.69, 9.17) is 4.52 Å². The maximum Gasteiger partial charge on any atom is 0.229 e. The van der Waals surface area contributed by atoms with E-state index in [-0.39, 0.29) is 11.8 Å². The van der Waals surface area contributed by atoms with Crippen LogP contribution in [0.4, 0.5) is 0 Å². The maximum atomic E-state index is 11.8. The topological polar surface area (TPSA) is 62.5 Å². The molecule has 0 bridgehead atoms. The molecular formula is C16H26N4O2. The fourth-order valence-electron chi connectivity index (χ4n) is 3.82. The van der Waals surface area contributed by atoms with E-state index in [1.54, 1.807) is 6.92 Å². The van der Waals surface area contributed by atoms with Gasteiger partial charge in [-0.25, -0.2) is 0 Å². The minimum absolute atomic E-state index is 0.205. The van der Waals surface area contributed by atoms with Crippen molar-refractivity contribution in [3.63, 3.8) is 0 Å². The minimum Gasteiger partial charge on any atom is -0.339 e. The van der Waals surface area contributed by atoms with Crippen molar-refractivity contribution in [1.29, 1.82) is 0 Å². The van der Waals surface area contributed by atoms with Crippen LogP contribution < -0.4 is 0 Å². The molecule has 0 radical (unpaired) electrons. The fraction of sp³-hybridized carbons (Fsp3) is 0.812. The third-order valence-electron chi connectivity index (χ3n) is 4.88. The molecule has 1 amide bonds. The van der Waals surface area contributed by atoms with E-state index in [9.17, 15) is 4.79 Å². The fourth-order valence-corrected chi connectivity index (χ4v) is 3.82. The summed E-state index contributed by atoms with van der Waals surface area (Å²) in [5.41, 5.74) is 0. The smallest absolute Gasteiger partial charge is 0.229 e. The number of aromatic nitrogens is 2. The van der Waals surface area contributed by atoms with Crippen LogP contribution in [0.3, 0.4) is 0 Å². The highest BCUT2D eigenvalue weighted by molar-refractivity contribution is 5.74. The number of hydrogen-bond acceptors (Lipinski definition) is 5.